The largest absolute Gasteiger partial charge is 0.443 e. The summed E-state index contributed by atoms with van der Waals surface area (Å²) in [6, 6.07) is 0. The van der Waals surface area contributed by atoms with Crippen LogP contribution in [0.2, 0.25) is 0 Å². The summed E-state index contributed by atoms with van der Waals surface area (Å²) in [6.07, 6.45) is 10.0. The molecule has 0 amide bonds. The molecule has 0 radical (unpaired) electrons. The Kier molecular flexibility index (Phi) is 7.47. The predicted octanol–water partition coefficient (Wildman–Crippen LogP) is 7.43. The molecule has 0 fully saturated rings. The third-order valence-electron chi connectivity index (χ3n) is 4.94. The molecular weight excluding hydrogens is 563 g/mol. The molecule has 0 saturated heterocycles. The molecule has 0 atom stereocenters. The standard InChI is InChI=1S/C25H29IN4O3S/c1-9-11-15-16(13-29(19(15)10-2)23(32)33-25(6,7)8)18-12-27-22-20(28-18)17(14-30(22)34-26)21(31)24(3,4)5/h9-14H,2H2,1,3-8H3/b11-9-. The van der Waals surface area contributed by atoms with Gasteiger partial charge in [-0.05, 0) is 33.8 Å². The van der Waals surface area contributed by atoms with E-state index in [1.54, 1.807) is 24.7 Å². The number of carbonyl (C=O) groups is 2. The van der Waals surface area contributed by atoms with E-state index in [0.717, 1.165) is 5.56 Å². The Balaban J connectivity index is 2.27. The highest BCUT2D eigenvalue weighted by Crippen LogP contribution is 2.34. The molecule has 0 N–H and O–H groups in total. The lowest BCUT2D eigenvalue weighted by Gasteiger charge is -2.20. The van der Waals surface area contributed by atoms with E-state index in [0.29, 0.717) is 33.7 Å². The van der Waals surface area contributed by atoms with Gasteiger partial charge in [-0.1, -0.05) is 39.5 Å². The van der Waals surface area contributed by atoms with E-state index in [1.807, 2.05) is 64.6 Å². The fourth-order valence-corrected chi connectivity index (χ4v) is 4.71. The molecule has 7 nitrogen and oxygen atoms in total. The molecule has 0 aliphatic rings. The predicted molar refractivity (Wildman–Crippen MR) is 148 cm³/mol. The highest BCUT2D eigenvalue weighted by molar-refractivity contribution is 14.2. The van der Waals surface area contributed by atoms with Gasteiger partial charge in [-0.3, -0.25) is 13.3 Å². The van der Waals surface area contributed by atoms with Gasteiger partial charge in [-0.25, -0.2) is 14.8 Å². The van der Waals surface area contributed by atoms with Crippen molar-refractivity contribution in [2.24, 2.45) is 5.41 Å². The maximum absolute atomic E-state index is 13.2. The van der Waals surface area contributed by atoms with Gasteiger partial charge in [-0.15, -0.1) is 0 Å². The molecule has 0 bridgehead atoms. The van der Waals surface area contributed by atoms with Crippen LogP contribution in [0.4, 0.5) is 4.79 Å². The Bertz CT molecular complexity index is 1310. The number of allylic oxidation sites excluding steroid dienone is 1. The maximum atomic E-state index is 13.2. The van der Waals surface area contributed by atoms with Crippen molar-refractivity contribution in [2.45, 2.75) is 54.1 Å². The maximum Gasteiger partial charge on any atom is 0.419 e. The molecule has 0 spiro atoms. The monoisotopic (exact) mass is 592 g/mol. The molecule has 0 aromatic carbocycles. The molecular formula is C25H29IN4O3S. The number of ether oxygens (including phenoxy) is 1. The minimum atomic E-state index is -0.651. The zero-order chi connectivity index (χ0) is 25.4. The summed E-state index contributed by atoms with van der Waals surface area (Å²) in [5.41, 5.74) is 3.03. The van der Waals surface area contributed by atoms with Gasteiger partial charge in [0, 0.05) is 59.3 Å². The lowest BCUT2D eigenvalue weighted by atomic mass is 9.87. The highest BCUT2D eigenvalue weighted by atomic mass is 127. The molecule has 3 aromatic rings. The van der Waals surface area contributed by atoms with E-state index < -0.39 is 17.1 Å². The Labute approximate surface area is 216 Å². The van der Waals surface area contributed by atoms with Gasteiger partial charge < -0.3 is 4.74 Å². The molecule has 0 aliphatic carbocycles. The Morgan fingerprint density at radius 1 is 1.18 bits per heavy atom. The second kappa shape index (κ2) is 9.69. The summed E-state index contributed by atoms with van der Waals surface area (Å²) >= 11 is 2.15. The van der Waals surface area contributed by atoms with Crippen molar-refractivity contribution in [1.29, 1.82) is 0 Å². The van der Waals surface area contributed by atoms with Crippen molar-refractivity contribution in [3.05, 3.63) is 48.1 Å². The van der Waals surface area contributed by atoms with E-state index in [9.17, 15) is 9.59 Å². The number of fused-ring (bicyclic) bond motifs is 1. The van der Waals surface area contributed by atoms with Crippen molar-refractivity contribution in [3.63, 3.8) is 0 Å². The Hall–Kier alpha value is -2.40. The van der Waals surface area contributed by atoms with E-state index in [1.165, 1.54) is 13.7 Å². The van der Waals surface area contributed by atoms with Crippen LogP contribution in [0, 0.1) is 5.41 Å². The van der Waals surface area contributed by atoms with Crippen LogP contribution in [0.15, 0.2) is 31.2 Å². The molecule has 9 heteroatoms. The van der Waals surface area contributed by atoms with Crippen molar-refractivity contribution in [2.75, 3.05) is 0 Å². The Morgan fingerprint density at radius 2 is 1.85 bits per heavy atom. The first kappa shape index (κ1) is 26.2. The minimum Gasteiger partial charge on any atom is -0.443 e. The first-order valence-corrected chi connectivity index (χ1v) is 14.1. The third kappa shape index (κ3) is 5.14. The van der Waals surface area contributed by atoms with E-state index in [-0.39, 0.29) is 5.78 Å². The quantitative estimate of drug-likeness (QED) is 0.227. The summed E-state index contributed by atoms with van der Waals surface area (Å²) in [5, 5.41) is 0. The van der Waals surface area contributed by atoms with Crippen LogP contribution in [0.5, 0.6) is 0 Å². The lowest BCUT2D eigenvalue weighted by Crippen LogP contribution is -2.27. The summed E-state index contributed by atoms with van der Waals surface area (Å²) in [5.74, 6) is -0.0140. The van der Waals surface area contributed by atoms with Gasteiger partial charge in [0.05, 0.1) is 23.1 Å². The molecule has 0 unspecified atom stereocenters. The Morgan fingerprint density at radius 3 is 2.38 bits per heavy atom. The topological polar surface area (TPSA) is 79.0 Å². The van der Waals surface area contributed by atoms with Crippen molar-refractivity contribution in [1.82, 2.24) is 18.5 Å². The number of ketones is 1. The van der Waals surface area contributed by atoms with Crippen molar-refractivity contribution in [3.8, 4) is 11.3 Å². The smallest absolute Gasteiger partial charge is 0.419 e. The molecule has 3 heterocycles. The van der Waals surface area contributed by atoms with Gasteiger partial charge in [0.2, 0.25) is 0 Å². The summed E-state index contributed by atoms with van der Waals surface area (Å²) < 4.78 is 8.85. The first-order chi connectivity index (χ1) is 15.8. The van der Waals surface area contributed by atoms with Gasteiger partial charge in [-0.2, -0.15) is 0 Å². The van der Waals surface area contributed by atoms with Crippen LogP contribution in [0.3, 0.4) is 0 Å². The van der Waals surface area contributed by atoms with Gasteiger partial charge >= 0.3 is 6.09 Å². The number of halogens is 1. The average molecular weight is 593 g/mol. The van der Waals surface area contributed by atoms with Crippen LogP contribution >= 0.6 is 30.3 Å². The summed E-state index contributed by atoms with van der Waals surface area (Å²) in [7, 11) is 1.42. The molecule has 34 heavy (non-hydrogen) atoms. The van der Waals surface area contributed by atoms with Gasteiger partial charge in [0.1, 0.15) is 11.1 Å². The number of carbonyl (C=O) groups excluding carboxylic acids is 2. The van der Waals surface area contributed by atoms with Crippen LogP contribution in [-0.2, 0) is 4.74 Å². The van der Waals surface area contributed by atoms with Crippen molar-refractivity contribution >= 4 is 65.5 Å². The number of nitrogens with zero attached hydrogens (tertiary/aromatic N) is 4. The molecule has 3 rings (SSSR count). The number of Topliss-reactive ketones (excluding diaryl/α,β-unsaturated/α-hetero) is 1. The third-order valence-corrected chi connectivity index (χ3v) is 6.64. The first-order valence-electron chi connectivity index (χ1n) is 10.8. The zero-order valence-corrected chi connectivity index (χ0v) is 23.4. The number of hydrogen-bond acceptors (Lipinski definition) is 6. The second-order valence-electron chi connectivity index (χ2n) is 9.84. The van der Waals surface area contributed by atoms with E-state index >= 15 is 0 Å². The minimum absolute atomic E-state index is 0.0140. The van der Waals surface area contributed by atoms with E-state index in [4.69, 9.17) is 9.72 Å². The second-order valence-corrected chi connectivity index (χ2v) is 11.6. The van der Waals surface area contributed by atoms with Crippen LogP contribution in [0.25, 0.3) is 34.6 Å². The zero-order valence-electron chi connectivity index (χ0n) is 20.5. The lowest BCUT2D eigenvalue weighted by molar-refractivity contribution is 0.0536. The molecule has 180 valence electrons. The number of hydrogen-bond donors (Lipinski definition) is 0. The number of rotatable bonds is 5. The summed E-state index contributed by atoms with van der Waals surface area (Å²) in [4.78, 5) is 35.6. The fraction of sp³-hybridized carbons (Fsp3) is 0.360. The van der Waals surface area contributed by atoms with Gasteiger partial charge in [0.15, 0.2) is 11.4 Å². The van der Waals surface area contributed by atoms with Crippen LogP contribution in [-0.4, -0.2) is 36.0 Å². The average Bonchev–Trinajstić information content (AvgIpc) is 3.29. The molecule has 0 aliphatic heterocycles. The van der Waals surface area contributed by atoms with E-state index in [2.05, 4.69) is 32.8 Å². The number of aromatic nitrogens is 4. The van der Waals surface area contributed by atoms with Crippen LogP contribution in [0.1, 0.15) is 70.1 Å². The highest BCUT2D eigenvalue weighted by Gasteiger charge is 2.29. The molecule has 3 aromatic heterocycles. The fourth-order valence-electron chi connectivity index (χ4n) is 3.47. The summed E-state index contributed by atoms with van der Waals surface area (Å²) in [6.45, 7) is 16.9. The SMILES string of the molecule is C=Cc1c(/C=C\C)c(-c2cnc3c(n2)c(C(=O)C(C)(C)C)cn3SI)cn1C(=O)OC(C)(C)C. The normalized spacial score (nSPS) is 12.5. The van der Waals surface area contributed by atoms with Crippen molar-refractivity contribution < 1.29 is 14.3 Å². The molecule has 0 saturated carbocycles. The van der Waals surface area contributed by atoms with Gasteiger partial charge in [0.25, 0.3) is 0 Å². The van der Waals surface area contributed by atoms with Crippen LogP contribution < -0.4 is 0 Å².